The number of thiophene rings is 1. The molecule has 3 aromatic rings. The highest BCUT2D eigenvalue weighted by Crippen LogP contribution is 2.26. The molecule has 9 nitrogen and oxygen atoms in total. The average Bonchev–Trinajstić information content (AvgIpc) is 3.47. The molecule has 162 valence electrons. The van der Waals surface area contributed by atoms with Crippen LogP contribution in [0.5, 0.6) is 0 Å². The number of hydrogen-bond donors (Lipinski definition) is 1. The van der Waals surface area contributed by atoms with Crippen molar-refractivity contribution in [3.05, 3.63) is 63.7 Å². The van der Waals surface area contributed by atoms with Crippen LogP contribution in [0.1, 0.15) is 16.9 Å². The fourth-order valence-electron chi connectivity index (χ4n) is 3.44. The third-order valence-electron chi connectivity index (χ3n) is 5.04. The van der Waals surface area contributed by atoms with Gasteiger partial charge in [0.05, 0.1) is 28.7 Å². The first kappa shape index (κ1) is 21.2. The lowest BCUT2D eigenvalue weighted by molar-refractivity contribution is -0.384. The number of carbonyl (C=O) groups excluding carboxylic acids is 1. The Hall–Kier alpha value is -3.08. The maximum Gasteiger partial charge on any atom is 0.271 e. The van der Waals surface area contributed by atoms with Crippen molar-refractivity contribution in [3.63, 3.8) is 0 Å². The van der Waals surface area contributed by atoms with E-state index in [2.05, 4.69) is 15.3 Å². The summed E-state index contributed by atoms with van der Waals surface area (Å²) in [6.07, 6.45) is 0.828. The van der Waals surface area contributed by atoms with Crippen molar-refractivity contribution in [2.45, 2.75) is 6.42 Å². The van der Waals surface area contributed by atoms with Crippen LogP contribution in [0.2, 0.25) is 0 Å². The van der Waals surface area contributed by atoms with Crippen molar-refractivity contribution in [2.24, 2.45) is 0 Å². The van der Waals surface area contributed by atoms with Crippen LogP contribution in [0.3, 0.4) is 0 Å². The normalized spacial score (nSPS) is 14.5. The Bertz CT molecular complexity index is 1040. The van der Waals surface area contributed by atoms with Crippen LogP contribution in [0.4, 0.5) is 5.69 Å². The first-order valence-corrected chi connectivity index (χ1v) is 11.0. The van der Waals surface area contributed by atoms with Crippen LogP contribution in [-0.4, -0.2) is 64.9 Å². The van der Waals surface area contributed by atoms with Gasteiger partial charge in [-0.1, -0.05) is 12.1 Å². The zero-order valence-electron chi connectivity index (χ0n) is 16.9. The Morgan fingerprint density at radius 3 is 2.81 bits per heavy atom. The standard InChI is InChI=1S/C21H23N5O4S/c27-21(22-7-3-8-24-9-11-30-12-10-24)19-15-18(20-6-2-13-31-20)23-25(19)16-4-1-5-17(14-16)26(28)29/h1-2,4-6,13-15H,3,7-12H2,(H,22,27). The minimum absolute atomic E-state index is 0.0532. The first-order valence-electron chi connectivity index (χ1n) is 10.1. The van der Waals surface area contributed by atoms with Gasteiger partial charge in [-0.2, -0.15) is 5.10 Å². The van der Waals surface area contributed by atoms with Gasteiger partial charge in [0.15, 0.2) is 0 Å². The molecule has 1 N–H and O–H groups in total. The predicted octanol–water partition coefficient (Wildman–Crippen LogP) is 2.96. The Morgan fingerprint density at radius 1 is 1.23 bits per heavy atom. The number of nitrogens with one attached hydrogen (secondary N) is 1. The van der Waals surface area contributed by atoms with Crippen LogP contribution in [0.15, 0.2) is 47.8 Å². The molecule has 0 saturated carbocycles. The summed E-state index contributed by atoms with van der Waals surface area (Å²) in [7, 11) is 0. The number of ether oxygens (including phenoxy) is 1. The molecule has 1 aliphatic rings. The van der Waals surface area contributed by atoms with Crippen molar-refractivity contribution in [1.29, 1.82) is 0 Å². The molecule has 3 heterocycles. The number of nitro benzene ring substituents is 1. The molecule has 1 aromatic carbocycles. The van der Waals surface area contributed by atoms with Crippen LogP contribution in [-0.2, 0) is 4.74 Å². The van der Waals surface area contributed by atoms with E-state index in [4.69, 9.17) is 4.74 Å². The van der Waals surface area contributed by atoms with Crippen molar-refractivity contribution >= 4 is 22.9 Å². The molecule has 1 aliphatic heterocycles. The highest BCUT2D eigenvalue weighted by molar-refractivity contribution is 7.13. The van der Waals surface area contributed by atoms with E-state index in [1.165, 1.54) is 28.2 Å². The molecule has 0 radical (unpaired) electrons. The molecule has 1 amide bonds. The molecule has 0 atom stereocenters. The number of benzene rings is 1. The van der Waals surface area contributed by atoms with Crippen LogP contribution < -0.4 is 5.32 Å². The number of carbonyl (C=O) groups is 1. The minimum atomic E-state index is -0.460. The molecule has 31 heavy (non-hydrogen) atoms. The highest BCUT2D eigenvalue weighted by Gasteiger charge is 2.19. The Morgan fingerprint density at radius 2 is 2.06 bits per heavy atom. The molecule has 0 aliphatic carbocycles. The fourth-order valence-corrected chi connectivity index (χ4v) is 4.12. The summed E-state index contributed by atoms with van der Waals surface area (Å²) in [6.45, 7) is 4.76. The van der Waals surface area contributed by atoms with E-state index in [9.17, 15) is 14.9 Å². The van der Waals surface area contributed by atoms with E-state index in [1.54, 1.807) is 18.2 Å². The summed E-state index contributed by atoms with van der Waals surface area (Å²) >= 11 is 1.52. The maximum atomic E-state index is 13.0. The fraction of sp³-hybridized carbons (Fsp3) is 0.333. The third-order valence-corrected chi connectivity index (χ3v) is 5.93. The summed E-state index contributed by atoms with van der Waals surface area (Å²) < 4.78 is 6.82. The number of amides is 1. The number of non-ortho nitro benzene ring substituents is 1. The van der Waals surface area contributed by atoms with Gasteiger partial charge in [0.2, 0.25) is 0 Å². The second-order valence-corrected chi connectivity index (χ2v) is 8.09. The Balaban J connectivity index is 1.52. The largest absolute Gasteiger partial charge is 0.379 e. The number of aromatic nitrogens is 2. The van der Waals surface area contributed by atoms with Gasteiger partial charge in [0.1, 0.15) is 11.4 Å². The van der Waals surface area contributed by atoms with Crippen molar-refractivity contribution < 1.29 is 14.5 Å². The molecule has 10 heteroatoms. The monoisotopic (exact) mass is 441 g/mol. The number of nitrogens with zero attached hydrogens (tertiary/aromatic N) is 4. The van der Waals surface area contributed by atoms with Crippen molar-refractivity contribution in [2.75, 3.05) is 39.4 Å². The van der Waals surface area contributed by atoms with Gasteiger partial charge in [-0.05, 0) is 36.5 Å². The topological polar surface area (TPSA) is 103 Å². The molecule has 1 fully saturated rings. The lowest BCUT2D eigenvalue weighted by atomic mass is 10.2. The van der Waals surface area contributed by atoms with Gasteiger partial charge >= 0.3 is 0 Å². The second-order valence-electron chi connectivity index (χ2n) is 7.14. The molecule has 1 saturated heterocycles. The number of nitro groups is 1. The van der Waals surface area contributed by atoms with E-state index >= 15 is 0 Å². The number of morpholine rings is 1. The Kier molecular flexibility index (Phi) is 6.70. The van der Waals surface area contributed by atoms with Crippen LogP contribution in [0, 0.1) is 10.1 Å². The summed E-state index contributed by atoms with van der Waals surface area (Å²) in [5, 5.41) is 20.6. The van der Waals surface area contributed by atoms with E-state index in [-0.39, 0.29) is 11.6 Å². The van der Waals surface area contributed by atoms with E-state index in [1.807, 2.05) is 17.5 Å². The highest BCUT2D eigenvalue weighted by atomic mass is 32.1. The van der Waals surface area contributed by atoms with Gasteiger partial charge in [0, 0.05) is 31.8 Å². The van der Waals surface area contributed by atoms with Crippen molar-refractivity contribution in [1.82, 2.24) is 20.0 Å². The van der Waals surface area contributed by atoms with Crippen molar-refractivity contribution in [3.8, 4) is 16.3 Å². The molecule has 0 unspecified atom stereocenters. The molecular weight excluding hydrogens is 418 g/mol. The first-order chi connectivity index (χ1) is 15.1. The van der Waals surface area contributed by atoms with Gasteiger partial charge in [-0.15, -0.1) is 11.3 Å². The SMILES string of the molecule is O=C(NCCCN1CCOCC1)c1cc(-c2cccs2)nn1-c1cccc([N+](=O)[O-])c1. The lowest BCUT2D eigenvalue weighted by Gasteiger charge is -2.26. The second kappa shape index (κ2) is 9.82. The summed E-state index contributed by atoms with van der Waals surface area (Å²) in [5.74, 6) is -0.260. The van der Waals surface area contributed by atoms with E-state index < -0.39 is 4.92 Å². The van der Waals surface area contributed by atoms with E-state index in [0.717, 1.165) is 44.1 Å². The Labute approximate surface area is 183 Å². The summed E-state index contributed by atoms with van der Waals surface area (Å²) in [5.41, 5.74) is 1.41. The van der Waals surface area contributed by atoms with Crippen LogP contribution >= 0.6 is 11.3 Å². The summed E-state index contributed by atoms with van der Waals surface area (Å²) in [4.78, 5) is 26.9. The lowest BCUT2D eigenvalue weighted by Crippen LogP contribution is -2.38. The van der Waals surface area contributed by atoms with Crippen LogP contribution in [0.25, 0.3) is 16.3 Å². The molecular formula is C21H23N5O4S. The zero-order valence-corrected chi connectivity index (χ0v) is 17.7. The predicted molar refractivity (Wildman–Crippen MR) is 118 cm³/mol. The van der Waals surface area contributed by atoms with Gasteiger partial charge in [0.25, 0.3) is 11.6 Å². The van der Waals surface area contributed by atoms with Gasteiger partial charge < -0.3 is 10.1 Å². The third kappa shape index (κ3) is 5.16. The number of rotatable bonds is 8. The quantitative estimate of drug-likeness (QED) is 0.328. The average molecular weight is 442 g/mol. The zero-order chi connectivity index (χ0) is 21.6. The van der Waals surface area contributed by atoms with E-state index in [0.29, 0.717) is 23.6 Å². The number of hydrogen-bond acceptors (Lipinski definition) is 7. The molecule has 0 bridgehead atoms. The molecule has 2 aromatic heterocycles. The van der Waals surface area contributed by atoms with Gasteiger partial charge in [-0.25, -0.2) is 4.68 Å². The van der Waals surface area contributed by atoms with Gasteiger partial charge in [-0.3, -0.25) is 19.8 Å². The smallest absolute Gasteiger partial charge is 0.271 e. The summed E-state index contributed by atoms with van der Waals surface area (Å²) in [6, 6.07) is 11.7. The maximum absolute atomic E-state index is 13.0. The molecule has 0 spiro atoms. The minimum Gasteiger partial charge on any atom is -0.379 e. The molecule has 4 rings (SSSR count).